The Morgan fingerprint density at radius 3 is 2.05 bits per heavy atom. The van der Waals surface area contributed by atoms with E-state index in [2.05, 4.69) is 9.17 Å². The van der Waals surface area contributed by atoms with Crippen LogP contribution in [-0.2, 0) is 10.5 Å². The second-order valence-electron chi connectivity index (χ2n) is 3.57. The molecule has 2 aromatic rings. The Morgan fingerprint density at radius 1 is 1.00 bits per heavy atom. The number of hydrogen-bond acceptors (Lipinski definition) is 5. The Labute approximate surface area is 109 Å². The average Bonchev–Trinajstić information content (AvgIpc) is 2.38. The first kappa shape index (κ1) is 13.2. The average molecular weight is 281 g/mol. The molecular weight excluding hydrogens is 273 g/mol. The van der Waals surface area contributed by atoms with E-state index in [0.717, 1.165) is 0 Å². The zero-order chi connectivity index (χ0) is 13.9. The van der Waals surface area contributed by atoms with Gasteiger partial charge in [0.1, 0.15) is 5.75 Å². The number of ketones is 1. The molecule has 0 unspecified atom stereocenters. The van der Waals surface area contributed by atoms with Crippen molar-refractivity contribution in [3.63, 3.8) is 0 Å². The van der Waals surface area contributed by atoms with E-state index < -0.39 is 10.5 Å². The van der Waals surface area contributed by atoms with E-state index in [1.54, 1.807) is 12.1 Å². The summed E-state index contributed by atoms with van der Waals surface area (Å²) in [6.07, 6.45) is 2.97. The van der Waals surface area contributed by atoms with E-state index in [-0.39, 0.29) is 11.5 Å². The number of rotatable bonds is 4. The topological polar surface area (TPSA) is 73.3 Å². The molecule has 0 radical (unpaired) electrons. The molecule has 2 rings (SSSR count). The van der Waals surface area contributed by atoms with Crippen LogP contribution in [0.15, 0.2) is 48.8 Å². The van der Waals surface area contributed by atoms with Crippen molar-refractivity contribution in [1.82, 2.24) is 4.98 Å². The van der Waals surface area contributed by atoms with Crippen LogP contribution < -0.4 is 4.18 Å². The molecule has 1 heterocycles. The van der Waals surface area contributed by atoms with Crippen molar-refractivity contribution in [2.45, 2.75) is 0 Å². The number of aromatic nitrogens is 1. The van der Waals surface area contributed by atoms with Crippen molar-refractivity contribution in [2.75, 3.05) is 0 Å². The number of pyridine rings is 1. The zero-order valence-corrected chi connectivity index (χ0v) is 10.3. The van der Waals surface area contributed by atoms with Crippen LogP contribution in [0.4, 0.5) is 3.89 Å². The van der Waals surface area contributed by atoms with Gasteiger partial charge in [0, 0.05) is 23.5 Å². The van der Waals surface area contributed by atoms with Gasteiger partial charge in [-0.25, -0.2) is 0 Å². The van der Waals surface area contributed by atoms with Gasteiger partial charge < -0.3 is 4.18 Å². The van der Waals surface area contributed by atoms with Gasteiger partial charge in [-0.15, -0.1) is 0 Å². The summed E-state index contributed by atoms with van der Waals surface area (Å²) in [7, 11) is -5.06. The summed E-state index contributed by atoms with van der Waals surface area (Å²) in [4.78, 5) is 15.8. The standard InChI is InChI=1S/C12H8FNO4S/c13-19(16,17)18-11-3-1-9(2-4-11)12(15)10-5-7-14-8-6-10/h1-8H. The predicted octanol–water partition coefficient (Wildman–Crippen LogP) is 1.91. The van der Waals surface area contributed by atoms with Gasteiger partial charge >= 0.3 is 10.5 Å². The first-order valence-corrected chi connectivity index (χ1v) is 6.45. The van der Waals surface area contributed by atoms with Crippen LogP contribution in [0, 0.1) is 0 Å². The van der Waals surface area contributed by atoms with Crippen molar-refractivity contribution in [1.29, 1.82) is 0 Å². The molecule has 0 amide bonds. The highest BCUT2D eigenvalue weighted by atomic mass is 32.3. The lowest BCUT2D eigenvalue weighted by molar-refractivity contribution is 0.103. The Hall–Kier alpha value is -2.28. The Kier molecular flexibility index (Phi) is 3.57. The Morgan fingerprint density at radius 2 is 1.53 bits per heavy atom. The van der Waals surface area contributed by atoms with Crippen molar-refractivity contribution in [2.24, 2.45) is 0 Å². The lowest BCUT2D eigenvalue weighted by Crippen LogP contribution is -2.03. The van der Waals surface area contributed by atoms with E-state index in [0.29, 0.717) is 11.1 Å². The monoisotopic (exact) mass is 281 g/mol. The molecule has 7 heteroatoms. The van der Waals surface area contributed by atoms with Crippen LogP contribution in [0.5, 0.6) is 5.75 Å². The third-order valence-corrected chi connectivity index (χ3v) is 2.65. The first-order valence-electron chi connectivity index (χ1n) is 5.14. The molecule has 0 aliphatic heterocycles. The second kappa shape index (κ2) is 5.15. The van der Waals surface area contributed by atoms with Gasteiger partial charge in [-0.2, -0.15) is 8.42 Å². The number of hydrogen-bond donors (Lipinski definition) is 0. The lowest BCUT2D eigenvalue weighted by atomic mass is 10.0. The minimum atomic E-state index is -5.06. The van der Waals surface area contributed by atoms with E-state index in [1.165, 1.54) is 36.7 Å². The van der Waals surface area contributed by atoms with Crippen LogP contribution in [0.1, 0.15) is 15.9 Å². The van der Waals surface area contributed by atoms with Crippen LogP contribution in [0.3, 0.4) is 0 Å². The first-order chi connectivity index (χ1) is 8.96. The van der Waals surface area contributed by atoms with E-state index in [1.807, 2.05) is 0 Å². The smallest absolute Gasteiger partial charge is 0.358 e. The van der Waals surface area contributed by atoms with Crippen molar-refractivity contribution >= 4 is 16.3 Å². The summed E-state index contributed by atoms with van der Waals surface area (Å²) >= 11 is 0. The Balaban J connectivity index is 2.22. The summed E-state index contributed by atoms with van der Waals surface area (Å²) < 4.78 is 36.9. The molecule has 98 valence electrons. The highest BCUT2D eigenvalue weighted by Crippen LogP contribution is 2.17. The number of halogens is 1. The number of nitrogens with zero attached hydrogens (tertiary/aromatic N) is 1. The van der Waals surface area contributed by atoms with E-state index >= 15 is 0 Å². The van der Waals surface area contributed by atoms with Crippen LogP contribution in [0.25, 0.3) is 0 Å². The predicted molar refractivity (Wildman–Crippen MR) is 64.8 cm³/mol. The van der Waals surface area contributed by atoms with Crippen molar-refractivity contribution in [3.05, 3.63) is 59.9 Å². The molecule has 19 heavy (non-hydrogen) atoms. The molecule has 0 saturated heterocycles. The van der Waals surface area contributed by atoms with Gasteiger partial charge in [-0.1, -0.05) is 3.89 Å². The molecular formula is C12H8FNO4S. The van der Waals surface area contributed by atoms with Crippen LogP contribution in [0.2, 0.25) is 0 Å². The molecule has 0 spiro atoms. The summed E-state index contributed by atoms with van der Waals surface area (Å²) in [6.45, 7) is 0. The van der Waals surface area contributed by atoms with E-state index in [9.17, 15) is 17.1 Å². The quantitative estimate of drug-likeness (QED) is 0.632. The maximum absolute atomic E-state index is 12.3. The fourth-order valence-electron chi connectivity index (χ4n) is 1.45. The highest BCUT2D eigenvalue weighted by molar-refractivity contribution is 7.81. The molecule has 0 aliphatic carbocycles. The van der Waals surface area contributed by atoms with E-state index in [4.69, 9.17) is 0 Å². The molecule has 1 aromatic heterocycles. The van der Waals surface area contributed by atoms with Gasteiger partial charge in [0.2, 0.25) is 0 Å². The summed E-state index contributed by atoms with van der Waals surface area (Å²) in [5, 5.41) is 0. The molecule has 0 aliphatic rings. The van der Waals surface area contributed by atoms with Crippen molar-refractivity contribution < 1.29 is 21.3 Å². The number of benzene rings is 1. The maximum Gasteiger partial charge on any atom is 0.488 e. The second-order valence-corrected chi connectivity index (χ2v) is 4.52. The minimum absolute atomic E-state index is 0.200. The number of carbonyl (C=O) groups excluding carboxylic acids is 1. The molecule has 0 saturated carbocycles. The fourth-order valence-corrected chi connectivity index (χ4v) is 1.79. The largest absolute Gasteiger partial charge is 0.488 e. The zero-order valence-electron chi connectivity index (χ0n) is 9.49. The minimum Gasteiger partial charge on any atom is -0.358 e. The molecule has 0 bridgehead atoms. The molecule has 1 aromatic carbocycles. The van der Waals surface area contributed by atoms with Crippen molar-refractivity contribution in [3.8, 4) is 5.75 Å². The normalized spacial score (nSPS) is 11.0. The third-order valence-electron chi connectivity index (χ3n) is 2.25. The summed E-state index contributed by atoms with van der Waals surface area (Å²) in [5.41, 5.74) is 0.775. The van der Waals surface area contributed by atoms with Gasteiger partial charge in [-0.3, -0.25) is 9.78 Å². The highest BCUT2D eigenvalue weighted by Gasteiger charge is 2.12. The van der Waals surface area contributed by atoms with Gasteiger partial charge in [0.05, 0.1) is 0 Å². The molecule has 0 fully saturated rings. The molecule has 0 N–H and O–H groups in total. The third kappa shape index (κ3) is 3.59. The fraction of sp³-hybridized carbons (Fsp3) is 0. The lowest BCUT2D eigenvalue weighted by Gasteiger charge is -2.03. The Bertz CT molecular complexity index is 683. The van der Waals surface area contributed by atoms with Gasteiger partial charge in [0.15, 0.2) is 5.78 Å². The van der Waals surface area contributed by atoms with Gasteiger partial charge in [0.25, 0.3) is 0 Å². The molecule has 0 atom stereocenters. The SMILES string of the molecule is O=C(c1ccncc1)c1ccc(OS(=O)(=O)F)cc1. The number of carbonyl (C=O) groups is 1. The summed E-state index contributed by atoms with van der Waals surface area (Å²) in [6, 6.07) is 8.21. The summed E-state index contributed by atoms with van der Waals surface area (Å²) in [5.74, 6) is -0.453. The van der Waals surface area contributed by atoms with Crippen LogP contribution >= 0.6 is 0 Å². The maximum atomic E-state index is 12.3. The molecule has 5 nitrogen and oxygen atoms in total. The van der Waals surface area contributed by atoms with Crippen LogP contribution in [-0.4, -0.2) is 19.2 Å². The van der Waals surface area contributed by atoms with Gasteiger partial charge in [-0.05, 0) is 36.4 Å².